The van der Waals surface area contributed by atoms with Crippen LogP contribution >= 0.6 is 17.5 Å². The summed E-state index contributed by atoms with van der Waals surface area (Å²) in [6.45, 7) is 13.2. The van der Waals surface area contributed by atoms with Crippen molar-refractivity contribution in [2.24, 2.45) is 0 Å². The van der Waals surface area contributed by atoms with Crippen molar-refractivity contribution in [3.8, 4) is 0 Å². The molecule has 3 aromatic rings. The fourth-order valence-electron chi connectivity index (χ4n) is 3.59. The standard InChI is InChI=1S/C27H33NP2/c1-6-13-22-18-25(20(2)3)27(26(19-22)21(4)5)28(29-23-14-9-7-10-15-23)30-24-16-11-8-12-17-24/h6-12,14-21,29-30H,1,13H2,2-5H3. The molecule has 0 spiro atoms. The molecule has 0 N–H and O–H groups in total. The van der Waals surface area contributed by atoms with Gasteiger partial charge in [-0.2, -0.15) is 0 Å². The molecule has 156 valence electrons. The summed E-state index contributed by atoms with van der Waals surface area (Å²) in [5.74, 6) is 0.928. The van der Waals surface area contributed by atoms with Crippen molar-refractivity contribution >= 4 is 33.8 Å². The minimum atomic E-state index is 0.464. The molecule has 3 heteroatoms. The number of anilines is 1. The molecular weight excluding hydrogens is 400 g/mol. The van der Waals surface area contributed by atoms with E-state index in [-0.39, 0.29) is 0 Å². The monoisotopic (exact) mass is 433 g/mol. The van der Waals surface area contributed by atoms with Gasteiger partial charge in [-0.15, -0.1) is 6.58 Å². The van der Waals surface area contributed by atoms with Crippen LogP contribution in [0, 0.1) is 0 Å². The van der Waals surface area contributed by atoms with Crippen LogP contribution in [0.4, 0.5) is 5.69 Å². The first kappa shape index (κ1) is 22.7. The highest BCUT2D eigenvalue weighted by Crippen LogP contribution is 2.46. The average molecular weight is 434 g/mol. The molecule has 1 nitrogen and oxygen atoms in total. The van der Waals surface area contributed by atoms with Crippen LogP contribution in [0.25, 0.3) is 0 Å². The Kier molecular flexibility index (Phi) is 8.26. The van der Waals surface area contributed by atoms with Gasteiger partial charge in [0.25, 0.3) is 0 Å². The van der Waals surface area contributed by atoms with Crippen molar-refractivity contribution in [1.82, 2.24) is 0 Å². The topological polar surface area (TPSA) is 3.24 Å². The third-order valence-corrected chi connectivity index (χ3v) is 7.85. The van der Waals surface area contributed by atoms with Crippen molar-refractivity contribution in [2.75, 3.05) is 4.44 Å². The summed E-state index contributed by atoms with van der Waals surface area (Å²) in [7, 11) is 1.20. The van der Waals surface area contributed by atoms with Gasteiger partial charge < -0.3 is 4.44 Å². The van der Waals surface area contributed by atoms with E-state index in [9.17, 15) is 0 Å². The molecule has 0 aromatic heterocycles. The van der Waals surface area contributed by atoms with Gasteiger partial charge in [-0.05, 0) is 45.6 Å². The Labute approximate surface area is 186 Å². The van der Waals surface area contributed by atoms with Crippen molar-refractivity contribution in [3.63, 3.8) is 0 Å². The summed E-state index contributed by atoms with van der Waals surface area (Å²) in [6.07, 6.45) is 2.93. The van der Waals surface area contributed by atoms with E-state index in [1.165, 1.54) is 33.0 Å². The number of allylic oxidation sites excluding steroid dienone is 1. The Balaban J connectivity index is 2.15. The van der Waals surface area contributed by atoms with Gasteiger partial charge in [0.2, 0.25) is 0 Å². The molecule has 3 aromatic carbocycles. The molecule has 2 unspecified atom stereocenters. The molecule has 0 fully saturated rings. The van der Waals surface area contributed by atoms with Crippen molar-refractivity contribution in [1.29, 1.82) is 0 Å². The molecule has 0 aliphatic heterocycles. The largest absolute Gasteiger partial charge is 0.326 e. The van der Waals surface area contributed by atoms with Gasteiger partial charge in [-0.3, -0.25) is 0 Å². The highest BCUT2D eigenvalue weighted by molar-refractivity contribution is 7.67. The van der Waals surface area contributed by atoms with Crippen LogP contribution in [0.1, 0.15) is 56.2 Å². The highest BCUT2D eigenvalue weighted by Gasteiger charge is 2.22. The van der Waals surface area contributed by atoms with Crippen molar-refractivity contribution in [2.45, 2.75) is 46.0 Å². The predicted molar refractivity (Wildman–Crippen MR) is 140 cm³/mol. The van der Waals surface area contributed by atoms with E-state index in [1.54, 1.807) is 0 Å². The molecule has 2 atom stereocenters. The summed E-state index contributed by atoms with van der Waals surface area (Å²) < 4.78 is 2.63. The van der Waals surface area contributed by atoms with E-state index in [4.69, 9.17) is 0 Å². The molecule has 0 saturated heterocycles. The Morgan fingerprint density at radius 2 is 1.20 bits per heavy atom. The maximum Gasteiger partial charge on any atom is 0.0504 e. The summed E-state index contributed by atoms with van der Waals surface area (Å²) in [4.78, 5) is 0. The fraction of sp³-hybridized carbons (Fsp3) is 0.259. The van der Waals surface area contributed by atoms with Gasteiger partial charge in [0, 0.05) is 17.5 Å². The average Bonchev–Trinajstić information content (AvgIpc) is 2.74. The first-order chi connectivity index (χ1) is 14.5. The maximum absolute atomic E-state index is 3.97. The van der Waals surface area contributed by atoms with Crippen LogP contribution in [-0.4, -0.2) is 0 Å². The van der Waals surface area contributed by atoms with E-state index >= 15 is 0 Å². The van der Waals surface area contributed by atoms with E-state index in [1.807, 2.05) is 6.08 Å². The van der Waals surface area contributed by atoms with Gasteiger partial charge in [-0.1, -0.05) is 107 Å². The lowest BCUT2D eigenvalue weighted by Gasteiger charge is -2.32. The summed E-state index contributed by atoms with van der Waals surface area (Å²) in [5, 5.41) is 2.75. The first-order valence-electron chi connectivity index (χ1n) is 10.7. The van der Waals surface area contributed by atoms with Crippen LogP contribution in [0.2, 0.25) is 0 Å². The van der Waals surface area contributed by atoms with E-state index in [0.29, 0.717) is 29.3 Å². The molecular formula is C27H33NP2. The molecule has 0 bridgehead atoms. The molecule has 30 heavy (non-hydrogen) atoms. The number of hydrogen-bond donors (Lipinski definition) is 0. The van der Waals surface area contributed by atoms with E-state index in [0.717, 1.165) is 6.42 Å². The Morgan fingerprint density at radius 1 is 0.767 bits per heavy atom. The number of nitrogens with zero attached hydrogens (tertiary/aromatic N) is 1. The van der Waals surface area contributed by atoms with Crippen molar-refractivity contribution < 1.29 is 0 Å². The molecule has 3 rings (SSSR count). The summed E-state index contributed by atoms with van der Waals surface area (Å²) in [5.41, 5.74) is 5.69. The third kappa shape index (κ3) is 5.81. The molecule has 0 aliphatic carbocycles. The molecule has 0 heterocycles. The third-order valence-electron chi connectivity index (χ3n) is 5.11. The zero-order chi connectivity index (χ0) is 21.5. The number of rotatable bonds is 9. The number of benzene rings is 3. The zero-order valence-corrected chi connectivity index (χ0v) is 20.5. The minimum Gasteiger partial charge on any atom is -0.326 e. The molecule has 0 saturated carbocycles. The van der Waals surface area contributed by atoms with E-state index < -0.39 is 0 Å². The Hall–Kier alpha value is -1.94. The van der Waals surface area contributed by atoms with Crippen LogP contribution < -0.4 is 15.1 Å². The van der Waals surface area contributed by atoms with Gasteiger partial charge in [0.15, 0.2) is 0 Å². The second kappa shape index (κ2) is 10.9. The SMILES string of the molecule is C=CCc1cc(C(C)C)c(N(Pc2ccccc2)Pc2ccccc2)c(C(C)C)c1. The second-order valence-electron chi connectivity index (χ2n) is 8.22. The van der Waals surface area contributed by atoms with Crippen LogP contribution in [0.3, 0.4) is 0 Å². The van der Waals surface area contributed by atoms with Gasteiger partial charge in [0.05, 0.1) is 5.69 Å². The lowest BCUT2D eigenvalue weighted by atomic mass is 9.90. The predicted octanol–water partition coefficient (Wildman–Crippen LogP) is 7.31. The summed E-state index contributed by atoms with van der Waals surface area (Å²) in [6, 6.07) is 26.6. The van der Waals surface area contributed by atoms with Crippen LogP contribution in [0.5, 0.6) is 0 Å². The van der Waals surface area contributed by atoms with Crippen LogP contribution in [-0.2, 0) is 6.42 Å². The molecule has 0 radical (unpaired) electrons. The fourth-order valence-corrected chi connectivity index (χ4v) is 6.53. The summed E-state index contributed by atoms with van der Waals surface area (Å²) >= 11 is 0. The first-order valence-corrected chi connectivity index (χ1v) is 12.6. The van der Waals surface area contributed by atoms with Crippen molar-refractivity contribution in [3.05, 3.63) is 102 Å². The van der Waals surface area contributed by atoms with Crippen LogP contribution in [0.15, 0.2) is 85.5 Å². The van der Waals surface area contributed by atoms with Gasteiger partial charge >= 0.3 is 0 Å². The maximum atomic E-state index is 3.97. The molecule has 0 amide bonds. The zero-order valence-electron chi connectivity index (χ0n) is 18.5. The normalized spacial score (nSPS) is 11.9. The Morgan fingerprint density at radius 3 is 1.57 bits per heavy atom. The minimum absolute atomic E-state index is 0.464. The second-order valence-corrected chi connectivity index (χ2v) is 11.2. The van der Waals surface area contributed by atoms with Gasteiger partial charge in [0.1, 0.15) is 0 Å². The highest BCUT2D eigenvalue weighted by atomic mass is 31.1. The van der Waals surface area contributed by atoms with Gasteiger partial charge in [-0.25, -0.2) is 0 Å². The molecule has 0 aliphatic rings. The quantitative estimate of drug-likeness (QED) is 0.253. The van der Waals surface area contributed by atoms with E-state index in [2.05, 4.69) is 112 Å². The lowest BCUT2D eigenvalue weighted by molar-refractivity contribution is 0.832. The Bertz CT molecular complexity index is 879. The number of hydrogen-bond acceptors (Lipinski definition) is 1. The smallest absolute Gasteiger partial charge is 0.0504 e. The lowest BCUT2D eigenvalue weighted by Crippen LogP contribution is -2.16.